The van der Waals surface area contributed by atoms with Gasteiger partial charge in [-0.2, -0.15) is 4.98 Å². The lowest BCUT2D eigenvalue weighted by Crippen LogP contribution is -2.24. The number of hydrogen-bond acceptors (Lipinski definition) is 6. The van der Waals surface area contributed by atoms with Gasteiger partial charge in [-0.15, -0.1) is 0 Å². The molecule has 1 unspecified atom stereocenters. The summed E-state index contributed by atoms with van der Waals surface area (Å²) in [5, 5.41) is 13.3. The van der Waals surface area contributed by atoms with Crippen LogP contribution < -0.4 is 4.72 Å². The molecular weight excluding hydrogens is 282 g/mol. The van der Waals surface area contributed by atoms with Crippen molar-refractivity contribution in [3.8, 4) is 0 Å². The second-order valence-electron chi connectivity index (χ2n) is 4.17. The number of aromatic nitrogens is 2. The van der Waals surface area contributed by atoms with Crippen LogP contribution in [0.4, 0.5) is 0 Å². The quantitative estimate of drug-likeness (QED) is 0.823. The van der Waals surface area contributed by atoms with Crippen LogP contribution in [0.3, 0.4) is 0 Å². The Balaban J connectivity index is 2.16. The molecule has 0 radical (unpaired) electrons. The van der Waals surface area contributed by atoms with Crippen LogP contribution in [0, 0.1) is 0 Å². The summed E-state index contributed by atoms with van der Waals surface area (Å²) in [6.45, 7) is 1.76. The van der Waals surface area contributed by atoms with Gasteiger partial charge >= 0.3 is 0 Å². The zero-order valence-corrected chi connectivity index (χ0v) is 11.7. The van der Waals surface area contributed by atoms with Crippen molar-refractivity contribution in [1.82, 2.24) is 14.9 Å². The molecule has 0 aliphatic carbocycles. The molecule has 20 heavy (non-hydrogen) atoms. The molecule has 1 atom stereocenters. The highest BCUT2D eigenvalue weighted by Crippen LogP contribution is 2.19. The van der Waals surface area contributed by atoms with Gasteiger partial charge in [0.15, 0.2) is 5.82 Å². The Labute approximate surface area is 116 Å². The molecule has 0 aliphatic heterocycles. The second kappa shape index (κ2) is 6.12. The highest BCUT2D eigenvalue weighted by Gasteiger charge is 2.16. The predicted molar refractivity (Wildman–Crippen MR) is 70.0 cm³/mol. The lowest BCUT2D eigenvalue weighted by molar-refractivity contribution is 0.173. The summed E-state index contributed by atoms with van der Waals surface area (Å²) >= 11 is 0. The molecule has 2 aromatic rings. The second-order valence-corrected chi connectivity index (χ2v) is 5.94. The van der Waals surface area contributed by atoms with E-state index in [1.807, 2.05) is 6.92 Å². The molecule has 108 valence electrons. The van der Waals surface area contributed by atoms with Gasteiger partial charge in [0.2, 0.25) is 16.4 Å². The molecule has 1 heterocycles. The monoisotopic (exact) mass is 297 g/mol. The third-order valence-corrected chi connectivity index (χ3v) is 4.17. The van der Waals surface area contributed by atoms with Gasteiger partial charge in [-0.25, -0.2) is 13.1 Å². The molecule has 7 nitrogen and oxygen atoms in total. The summed E-state index contributed by atoms with van der Waals surface area (Å²) in [4.78, 5) is 3.82. The molecule has 0 spiro atoms. The van der Waals surface area contributed by atoms with E-state index in [0.717, 1.165) is 6.39 Å². The maximum atomic E-state index is 12.1. The van der Waals surface area contributed by atoms with E-state index in [2.05, 4.69) is 19.4 Å². The molecule has 1 aromatic heterocycles. The van der Waals surface area contributed by atoms with Crippen molar-refractivity contribution < 1.29 is 18.0 Å². The standard InChI is InChI=1S/C12H15N3O4S/c1-2-11(16)9-4-3-5-10(6-9)20(17,18)14-7-12-13-8-19-15-12/h3-6,8,11,14,16H,2,7H2,1H3. The van der Waals surface area contributed by atoms with Gasteiger partial charge in [0.1, 0.15) is 0 Å². The molecule has 0 saturated carbocycles. The Kier molecular flexibility index (Phi) is 4.48. The normalized spacial score (nSPS) is 13.3. The van der Waals surface area contributed by atoms with Crippen molar-refractivity contribution in [2.45, 2.75) is 30.9 Å². The van der Waals surface area contributed by atoms with Crippen molar-refractivity contribution in [2.75, 3.05) is 0 Å². The number of nitrogens with one attached hydrogen (secondary N) is 1. The minimum atomic E-state index is -3.68. The Morgan fingerprint density at radius 2 is 2.25 bits per heavy atom. The number of sulfonamides is 1. The summed E-state index contributed by atoms with van der Waals surface area (Å²) in [6.07, 6.45) is 0.962. The highest BCUT2D eigenvalue weighted by molar-refractivity contribution is 7.89. The van der Waals surface area contributed by atoms with Gasteiger partial charge in [0.25, 0.3) is 0 Å². The van der Waals surface area contributed by atoms with Gasteiger partial charge in [0, 0.05) is 0 Å². The Morgan fingerprint density at radius 1 is 1.45 bits per heavy atom. The maximum absolute atomic E-state index is 12.1. The molecule has 1 aromatic carbocycles. The van der Waals surface area contributed by atoms with Crippen molar-refractivity contribution in [2.24, 2.45) is 0 Å². The first-order valence-corrected chi connectivity index (χ1v) is 7.54. The average molecular weight is 297 g/mol. The van der Waals surface area contributed by atoms with E-state index < -0.39 is 16.1 Å². The Bertz CT molecular complexity index is 655. The molecule has 0 amide bonds. The maximum Gasteiger partial charge on any atom is 0.240 e. The van der Waals surface area contributed by atoms with Crippen LogP contribution >= 0.6 is 0 Å². The van der Waals surface area contributed by atoms with Crippen LogP contribution in [0.1, 0.15) is 30.8 Å². The van der Waals surface area contributed by atoms with Crippen LogP contribution in [0.5, 0.6) is 0 Å². The van der Waals surface area contributed by atoms with Gasteiger partial charge in [-0.3, -0.25) is 0 Å². The van der Waals surface area contributed by atoms with Crippen molar-refractivity contribution in [3.05, 3.63) is 42.0 Å². The van der Waals surface area contributed by atoms with E-state index in [4.69, 9.17) is 0 Å². The summed E-state index contributed by atoms with van der Waals surface area (Å²) in [5.41, 5.74) is 0.565. The van der Waals surface area contributed by atoms with E-state index in [-0.39, 0.29) is 17.3 Å². The topological polar surface area (TPSA) is 105 Å². The molecule has 0 fully saturated rings. The fourth-order valence-electron chi connectivity index (χ4n) is 1.64. The van der Waals surface area contributed by atoms with Crippen LogP contribution in [-0.2, 0) is 16.6 Å². The lowest BCUT2D eigenvalue weighted by atomic mass is 10.1. The molecule has 0 bridgehead atoms. The van der Waals surface area contributed by atoms with Crippen LogP contribution in [-0.4, -0.2) is 23.7 Å². The summed E-state index contributed by atoms with van der Waals surface area (Å²) in [5.74, 6) is 0.248. The fourth-order valence-corrected chi connectivity index (χ4v) is 2.67. The summed E-state index contributed by atoms with van der Waals surface area (Å²) in [7, 11) is -3.68. The van der Waals surface area contributed by atoms with E-state index in [1.165, 1.54) is 12.1 Å². The molecule has 0 aliphatic rings. The lowest BCUT2D eigenvalue weighted by Gasteiger charge is -2.10. The fraction of sp³-hybridized carbons (Fsp3) is 0.333. The molecule has 8 heteroatoms. The van der Waals surface area contributed by atoms with Gasteiger partial charge in [-0.05, 0) is 24.1 Å². The number of aliphatic hydroxyl groups is 1. The van der Waals surface area contributed by atoms with Crippen LogP contribution in [0.15, 0.2) is 40.1 Å². The van der Waals surface area contributed by atoms with Crippen molar-refractivity contribution in [1.29, 1.82) is 0 Å². The molecule has 2 rings (SSSR count). The SMILES string of the molecule is CCC(O)c1cccc(S(=O)(=O)NCc2ncon2)c1. The third kappa shape index (κ3) is 3.41. The smallest absolute Gasteiger partial charge is 0.240 e. The predicted octanol–water partition coefficient (Wildman–Crippen LogP) is 0.992. The number of benzene rings is 1. The number of hydrogen-bond donors (Lipinski definition) is 2. The Morgan fingerprint density at radius 3 is 2.90 bits per heavy atom. The van der Waals surface area contributed by atoms with Gasteiger partial charge in [0.05, 0.1) is 17.5 Å². The van der Waals surface area contributed by atoms with E-state index in [9.17, 15) is 13.5 Å². The van der Waals surface area contributed by atoms with Gasteiger partial charge < -0.3 is 9.63 Å². The summed E-state index contributed by atoms with van der Waals surface area (Å²) < 4.78 is 31.1. The zero-order chi connectivity index (χ0) is 14.6. The largest absolute Gasteiger partial charge is 0.388 e. The van der Waals surface area contributed by atoms with Gasteiger partial charge in [-0.1, -0.05) is 24.2 Å². The zero-order valence-electron chi connectivity index (χ0n) is 10.9. The molecular formula is C12H15N3O4S. The number of rotatable bonds is 6. The molecule has 0 saturated heterocycles. The number of aliphatic hydroxyl groups excluding tert-OH is 1. The van der Waals surface area contributed by atoms with Crippen molar-refractivity contribution in [3.63, 3.8) is 0 Å². The molecule has 2 N–H and O–H groups in total. The Hall–Kier alpha value is -1.77. The third-order valence-electron chi connectivity index (χ3n) is 2.77. The first-order valence-electron chi connectivity index (χ1n) is 6.06. The minimum absolute atomic E-state index is 0.0562. The first-order chi connectivity index (χ1) is 9.53. The summed E-state index contributed by atoms with van der Waals surface area (Å²) in [6, 6.07) is 6.20. The number of nitrogens with zero attached hydrogens (tertiary/aromatic N) is 2. The minimum Gasteiger partial charge on any atom is -0.388 e. The van der Waals surface area contributed by atoms with E-state index in [1.54, 1.807) is 12.1 Å². The van der Waals surface area contributed by atoms with Crippen LogP contribution in [0.2, 0.25) is 0 Å². The average Bonchev–Trinajstić information content (AvgIpc) is 2.98. The van der Waals surface area contributed by atoms with E-state index >= 15 is 0 Å². The highest BCUT2D eigenvalue weighted by atomic mass is 32.2. The van der Waals surface area contributed by atoms with E-state index in [0.29, 0.717) is 12.0 Å². The van der Waals surface area contributed by atoms with Crippen molar-refractivity contribution >= 4 is 10.0 Å². The first kappa shape index (κ1) is 14.6. The van der Waals surface area contributed by atoms with Crippen LogP contribution in [0.25, 0.3) is 0 Å².